The minimum atomic E-state index is -3.67. The molecule has 0 saturated carbocycles. The molecule has 1 atom stereocenters. The largest absolute Gasteiger partial charge is 0.329 e. The van der Waals surface area contributed by atoms with E-state index in [-0.39, 0.29) is 21.0 Å². The molecule has 1 aromatic carbocycles. The van der Waals surface area contributed by atoms with E-state index in [4.69, 9.17) is 28.9 Å². The van der Waals surface area contributed by atoms with Crippen LogP contribution in [0.1, 0.15) is 12.8 Å². The third kappa shape index (κ3) is 2.38. The Morgan fingerprint density at radius 3 is 2.50 bits per heavy atom. The first kappa shape index (κ1) is 14.1. The highest BCUT2D eigenvalue weighted by molar-refractivity contribution is 7.89. The van der Waals surface area contributed by atoms with Crippen LogP contribution < -0.4 is 5.73 Å². The van der Waals surface area contributed by atoms with Gasteiger partial charge in [0.1, 0.15) is 4.90 Å². The van der Waals surface area contributed by atoms with Crippen LogP contribution in [0.25, 0.3) is 0 Å². The third-order valence-corrected chi connectivity index (χ3v) is 5.99. The van der Waals surface area contributed by atoms with Crippen LogP contribution in [0.2, 0.25) is 10.0 Å². The van der Waals surface area contributed by atoms with Crippen LogP contribution in [0.4, 0.5) is 0 Å². The highest BCUT2D eigenvalue weighted by atomic mass is 35.5. The van der Waals surface area contributed by atoms with E-state index >= 15 is 0 Å². The number of halogens is 2. The molecule has 1 fully saturated rings. The Labute approximate surface area is 117 Å². The molecule has 18 heavy (non-hydrogen) atoms. The lowest BCUT2D eigenvalue weighted by Gasteiger charge is -2.23. The molecule has 0 aromatic heterocycles. The van der Waals surface area contributed by atoms with Gasteiger partial charge in [-0.1, -0.05) is 29.3 Å². The van der Waals surface area contributed by atoms with E-state index in [2.05, 4.69) is 0 Å². The van der Waals surface area contributed by atoms with Gasteiger partial charge in [0.25, 0.3) is 0 Å². The second-order valence-electron chi connectivity index (χ2n) is 4.20. The first-order chi connectivity index (χ1) is 8.48. The SMILES string of the molecule is NCC1CCCN1S(=O)(=O)c1c(Cl)cccc1Cl. The lowest BCUT2D eigenvalue weighted by atomic mass is 10.2. The Kier molecular flexibility index (Phi) is 4.18. The van der Waals surface area contributed by atoms with Crippen molar-refractivity contribution in [2.24, 2.45) is 5.73 Å². The summed E-state index contributed by atoms with van der Waals surface area (Å²) in [4.78, 5) is -0.0197. The predicted octanol–water partition coefficient (Wildman–Crippen LogP) is 2.11. The van der Waals surface area contributed by atoms with Crippen molar-refractivity contribution in [1.82, 2.24) is 4.31 Å². The molecule has 4 nitrogen and oxygen atoms in total. The van der Waals surface area contributed by atoms with E-state index in [0.29, 0.717) is 13.1 Å². The molecule has 0 radical (unpaired) electrons. The maximum Gasteiger partial charge on any atom is 0.246 e. The minimum absolute atomic E-state index is 0.0197. The molecule has 1 aliphatic heterocycles. The third-order valence-electron chi connectivity index (χ3n) is 3.08. The van der Waals surface area contributed by atoms with Crippen molar-refractivity contribution in [2.45, 2.75) is 23.8 Å². The van der Waals surface area contributed by atoms with Gasteiger partial charge < -0.3 is 5.73 Å². The normalized spacial score (nSPS) is 21.4. The van der Waals surface area contributed by atoms with E-state index in [9.17, 15) is 8.42 Å². The van der Waals surface area contributed by atoms with Crippen LogP contribution >= 0.6 is 23.2 Å². The molecule has 1 aliphatic rings. The van der Waals surface area contributed by atoms with Gasteiger partial charge in [0.2, 0.25) is 10.0 Å². The summed E-state index contributed by atoms with van der Waals surface area (Å²) in [7, 11) is -3.67. The van der Waals surface area contributed by atoms with Crippen molar-refractivity contribution in [1.29, 1.82) is 0 Å². The van der Waals surface area contributed by atoms with Crippen molar-refractivity contribution in [3.05, 3.63) is 28.2 Å². The summed E-state index contributed by atoms with van der Waals surface area (Å²) in [6, 6.07) is 4.50. The second-order valence-corrected chi connectivity index (χ2v) is 6.84. The van der Waals surface area contributed by atoms with E-state index < -0.39 is 10.0 Å². The molecule has 1 aromatic rings. The summed E-state index contributed by atoms with van der Waals surface area (Å²) in [5.41, 5.74) is 5.60. The fraction of sp³-hybridized carbons (Fsp3) is 0.455. The monoisotopic (exact) mass is 308 g/mol. The first-order valence-corrected chi connectivity index (χ1v) is 7.84. The van der Waals surface area contributed by atoms with Gasteiger partial charge in [0.05, 0.1) is 10.0 Å². The van der Waals surface area contributed by atoms with Crippen molar-refractivity contribution >= 4 is 33.2 Å². The van der Waals surface area contributed by atoms with E-state index in [1.165, 1.54) is 16.4 Å². The molecule has 2 N–H and O–H groups in total. The van der Waals surface area contributed by atoms with Gasteiger partial charge in [0, 0.05) is 19.1 Å². The van der Waals surface area contributed by atoms with Crippen LogP contribution in [0.3, 0.4) is 0 Å². The molecule has 0 amide bonds. The van der Waals surface area contributed by atoms with Gasteiger partial charge in [-0.15, -0.1) is 0 Å². The van der Waals surface area contributed by atoms with Gasteiger partial charge in [-0.05, 0) is 25.0 Å². The zero-order chi connectivity index (χ0) is 13.3. The minimum Gasteiger partial charge on any atom is -0.329 e. The van der Waals surface area contributed by atoms with Crippen LogP contribution in [-0.4, -0.2) is 31.9 Å². The molecule has 1 saturated heterocycles. The van der Waals surface area contributed by atoms with Crippen molar-refractivity contribution in [3.63, 3.8) is 0 Å². The number of rotatable bonds is 3. The summed E-state index contributed by atoms with van der Waals surface area (Å²) in [6.07, 6.45) is 1.58. The zero-order valence-corrected chi connectivity index (χ0v) is 12.0. The smallest absolute Gasteiger partial charge is 0.246 e. The Bertz CT molecular complexity index is 528. The number of sulfonamides is 1. The number of nitrogens with zero attached hydrogens (tertiary/aromatic N) is 1. The van der Waals surface area contributed by atoms with Crippen LogP contribution in [-0.2, 0) is 10.0 Å². The fourth-order valence-electron chi connectivity index (χ4n) is 2.21. The van der Waals surface area contributed by atoms with Crippen LogP contribution in [0.5, 0.6) is 0 Å². The summed E-state index contributed by atoms with van der Waals surface area (Å²) < 4.78 is 26.5. The lowest BCUT2D eigenvalue weighted by Crippen LogP contribution is -2.40. The van der Waals surface area contributed by atoms with E-state index in [0.717, 1.165) is 12.8 Å². The standard InChI is InChI=1S/C11H14Cl2N2O2S/c12-9-4-1-5-10(13)11(9)18(16,17)15-6-2-3-8(15)7-14/h1,4-5,8H,2-3,6-7,14H2. The maximum absolute atomic E-state index is 12.5. The number of nitrogens with two attached hydrogens (primary N) is 1. The summed E-state index contributed by atoms with van der Waals surface area (Å²) in [5, 5.41) is 0.287. The quantitative estimate of drug-likeness (QED) is 0.930. The summed E-state index contributed by atoms with van der Waals surface area (Å²) in [5.74, 6) is 0. The van der Waals surface area contributed by atoms with Gasteiger partial charge in [-0.3, -0.25) is 0 Å². The fourth-order valence-corrected chi connectivity index (χ4v) is 5.01. The lowest BCUT2D eigenvalue weighted by molar-refractivity contribution is 0.393. The number of hydrogen-bond donors (Lipinski definition) is 1. The maximum atomic E-state index is 12.5. The average Bonchev–Trinajstić information content (AvgIpc) is 2.77. The summed E-state index contributed by atoms with van der Waals surface area (Å²) >= 11 is 11.9. The zero-order valence-electron chi connectivity index (χ0n) is 9.64. The second kappa shape index (κ2) is 5.35. The highest BCUT2D eigenvalue weighted by Gasteiger charge is 2.36. The number of hydrogen-bond acceptors (Lipinski definition) is 3. The van der Waals surface area contributed by atoms with E-state index in [1.807, 2.05) is 0 Å². The average molecular weight is 309 g/mol. The Hall–Kier alpha value is -0.330. The molecule has 2 rings (SSSR count). The molecule has 0 spiro atoms. The first-order valence-electron chi connectivity index (χ1n) is 5.64. The predicted molar refractivity (Wildman–Crippen MR) is 72.4 cm³/mol. The molecule has 0 aliphatic carbocycles. The molecule has 0 bridgehead atoms. The van der Waals surface area contributed by atoms with Crippen molar-refractivity contribution in [2.75, 3.05) is 13.1 Å². The van der Waals surface area contributed by atoms with Crippen LogP contribution in [0.15, 0.2) is 23.1 Å². The van der Waals surface area contributed by atoms with E-state index in [1.54, 1.807) is 6.07 Å². The van der Waals surface area contributed by atoms with Crippen molar-refractivity contribution in [3.8, 4) is 0 Å². The van der Waals surface area contributed by atoms with Gasteiger partial charge >= 0.3 is 0 Å². The number of benzene rings is 1. The van der Waals surface area contributed by atoms with Crippen LogP contribution in [0, 0.1) is 0 Å². The molecule has 1 unspecified atom stereocenters. The molecule has 100 valence electrons. The Balaban J connectivity index is 2.49. The Morgan fingerprint density at radius 2 is 1.94 bits per heavy atom. The highest BCUT2D eigenvalue weighted by Crippen LogP contribution is 2.34. The molecular formula is C11H14Cl2N2O2S. The van der Waals surface area contributed by atoms with Gasteiger partial charge in [-0.2, -0.15) is 4.31 Å². The topological polar surface area (TPSA) is 63.4 Å². The Morgan fingerprint density at radius 1 is 1.33 bits per heavy atom. The van der Waals surface area contributed by atoms with Gasteiger partial charge in [0.15, 0.2) is 0 Å². The molecular weight excluding hydrogens is 295 g/mol. The molecule has 1 heterocycles. The van der Waals surface area contributed by atoms with Crippen molar-refractivity contribution < 1.29 is 8.42 Å². The molecule has 7 heteroatoms. The van der Waals surface area contributed by atoms with Gasteiger partial charge in [-0.25, -0.2) is 8.42 Å². The summed E-state index contributed by atoms with van der Waals surface area (Å²) in [6.45, 7) is 0.771.